The van der Waals surface area contributed by atoms with Crippen molar-refractivity contribution in [2.45, 2.75) is 70.2 Å². The number of aryl methyl sites for hydroxylation is 2. The molecule has 11 nitrogen and oxygen atoms in total. The van der Waals surface area contributed by atoms with Crippen LogP contribution >= 0.6 is 0 Å². The van der Waals surface area contributed by atoms with E-state index in [9.17, 15) is 26.4 Å². The number of sulfone groups is 1. The number of nitrogens with one attached hydrogen (secondary N) is 1. The highest BCUT2D eigenvalue weighted by molar-refractivity contribution is 7.91. The van der Waals surface area contributed by atoms with Crippen LogP contribution in [-0.2, 0) is 16.4 Å². The summed E-state index contributed by atoms with van der Waals surface area (Å²) in [5.41, 5.74) is 1.37. The molecule has 0 aliphatic heterocycles. The molecule has 1 aliphatic rings. The molecule has 5 rings (SSSR count). The molecular weight excluding hydrogens is 561 g/mol. The van der Waals surface area contributed by atoms with Crippen LogP contribution in [0.5, 0.6) is 0 Å². The molecule has 41 heavy (non-hydrogen) atoms. The van der Waals surface area contributed by atoms with Crippen LogP contribution in [0.1, 0.15) is 61.3 Å². The molecule has 0 aromatic carbocycles. The molecule has 4 heterocycles. The first kappa shape index (κ1) is 28.5. The SMILES string of the molecule is CCS(=O)(=O)c1ccc(CNc2nc3c(C)nc(-c4c(C)ncnc4C4CC4)nc3n([C@@H](C)C(F)(F)F)c2=O)cn1. The van der Waals surface area contributed by atoms with Crippen LogP contribution in [0.4, 0.5) is 19.0 Å². The van der Waals surface area contributed by atoms with Crippen LogP contribution in [0.25, 0.3) is 22.6 Å². The first-order valence-corrected chi connectivity index (χ1v) is 14.6. The van der Waals surface area contributed by atoms with Crippen molar-refractivity contribution >= 4 is 26.8 Å². The minimum Gasteiger partial charge on any atom is -0.361 e. The number of hydrogen-bond acceptors (Lipinski definition) is 10. The lowest BCUT2D eigenvalue weighted by Gasteiger charge is -2.22. The zero-order valence-corrected chi connectivity index (χ0v) is 23.5. The van der Waals surface area contributed by atoms with Gasteiger partial charge >= 0.3 is 6.18 Å². The maximum absolute atomic E-state index is 14.0. The number of pyridine rings is 1. The Morgan fingerprint density at radius 1 is 1.07 bits per heavy atom. The number of halogens is 3. The van der Waals surface area contributed by atoms with Crippen LogP contribution < -0.4 is 10.9 Å². The van der Waals surface area contributed by atoms with E-state index in [1.54, 1.807) is 13.8 Å². The van der Waals surface area contributed by atoms with E-state index in [1.165, 1.54) is 31.6 Å². The van der Waals surface area contributed by atoms with Gasteiger partial charge in [-0.2, -0.15) is 13.2 Å². The Balaban J connectivity index is 1.61. The van der Waals surface area contributed by atoms with Gasteiger partial charge in [-0.15, -0.1) is 0 Å². The maximum atomic E-state index is 14.0. The fourth-order valence-electron chi connectivity index (χ4n) is 4.42. The van der Waals surface area contributed by atoms with Crippen LogP contribution in [-0.4, -0.2) is 54.8 Å². The fraction of sp³-hybridized carbons (Fsp3) is 0.423. The van der Waals surface area contributed by atoms with Crippen molar-refractivity contribution in [1.29, 1.82) is 0 Å². The van der Waals surface area contributed by atoms with Crippen LogP contribution in [0, 0.1) is 13.8 Å². The molecule has 4 aromatic rings. The molecule has 1 N–H and O–H groups in total. The Labute approximate surface area is 233 Å². The molecule has 0 radical (unpaired) electrons. The summed E-state index contributed by atoms with van der Waals surface area (Å²) in [5, 5.41) is 2.68. The third-order valence-electron chi connectivity index (χ3n) is 6.98. The van der Waals surface area contributed by atoms with Gasteiger partial charge in [-0.1, -0.05) is 13.0 Å². The van der Waals surface area contributed by atoms with E-state index >= 15 is 0 Å². The van der Waals surface area contributed by atoms with E-state index in [4.69, 9.17) is 0 Å². The zero-order valence-electron chi connectivity index (χ0n) is 22.7. The highest BCUT2D eigenvalue weighted by Gasteiger charge is 2.40. The monoisotopic (exact) mass is 588 g/mol. The second-order valence-electron chi connectivity index (χ2n) is 9.91. The van der Waals surface area contributed by atoms with Crippen LogP contribution in [0.3, 0.4) is 0 Å². The van der Waals surface area contributed by atoms with Gasteiger partial charge in [0.1, 0.15) is 17.9 Å². The lowest BCUT2D eigenvalue weighted by Crippen LogP contribution is -2.35. The molecule has 1 saturated carbocycles. The second kappa shape index (κ2) is 10.4. The largest absolute Gasteiger partial charge is 0.409 e. The number of nitrogens with zero attached hydrogens (tertiary/aromatic N) is 7. The predicted octanol–water partition coefficient (Wildman–Crippen LogP) is 4.06. The summed E-state index contributed by atoms with van der Waals surface area (Å²) < 4.78 is 66.7. The Bertz CT molecular complexity index is 1800. The third kappa shape index (κ3) is 5.49. The van der Waals surface area contributed by atoms with Crippen molar-refractivity contribution in [1.82, 2.24) is 34.5 Å². The Morgan fingerprint density at radius 2 is 1.80 bits per heavy atom. The van der Waals surface area contributed by atoms with Crippen molar-refractivity contribution in [2.24, 2.45) is 0 Å². The molecule has 0 spiro atoms. The summed E-state index contributed by atoms with van der Waals surface area (Å²) in [7, 11) is -3.50. The molecular formula is C26H27F3N8O3S. The van der Waals surface area contributed by atoms with E-state index in [0.717, 1.165) is 25.5 Å². The molecule has 0 amide bonds. The lowest BCUT2D eigenvalue weighted by molar-refractivity contribution is -0.162. The molecule has 1 fully saturated rings. The number of rotatable bonds is 8. The van der Waals surface area contributed by atoms with Crippen molar-refractivity contribution in [3.8, 4) is 11.4 Å². The number of anilines is 1. The van der Waals surface area contributed by atoms with Crippen LogP contribution in [0.2, 0.25) is 0 Å². The quantitative estimate of drug-likeness (QED) is 0.320. The maximum Gasteiger partial charge on any atom is 0.409 e. The summed E-state index contributed by atoms with van der Waals surface area (Å²) in [6.45, 7) is 5.67. The smallest absolute Gasteiger partial charge is 0.361 e. The Kier molecular flexibility index (Phi) is 7.26. The number of hydrogen-bond donors (Lipinski definition) is 1. The standard InChI is InChI=1S/C26H27F3N8O3S/c1-5-41(39,40)18-9-6-16(10-30-18)11-31-23-25(38)37(15(4)26(27,28)29)24-20(35-23)14(3)34-22(36-24)19-13(2)32-12-33-21(19)17-7-8-17/h6,9-10,12,15,17H,5,7-8,11H2,1-4H3,(H,31,35)/t15-/m0/s1. The van der Waals surface area contributed by atoms with E-state index < -0.39 is 27.6 Å². The molecule has 0 saturated heterocycles. The normalized spacial score (nSPS) is 14.8. The van der Waals surface area contributed by atoms with Crippen molar-refractivity contribution in [3.05, 3.63) is 57.7 Å². The zero-order chi connectivity index (χ0) is 29.7. The number of aromatic nitrogens is 7. The van der Waals surface area contributed by atoms with Gasteiger partial charge < -0.3 is 5.32 Å². The molecule has 0 unspecified atom stereocenters. The summed E-state index contributed by atoms with van der Waals surface area (Å²) >= 11 is 0. The van der Waals surface area contributed by atoms with Gasteiger partial charge in [-0.25, -0.2) is 38.3 Å². The van der Waals surface area contributed by atoms with Crippen molar-refractivity contribution in [2.75, 3.05) is 11.1 Å². The molecule has 15 heteroatoms. The highest BCUT2D eigenvalue weighted by atomic mass is 32.2. The molecule has 4 aromatic heterocycles. The average Bonchev–Trinajstić information content (AvgIpc) is 3.77. The van der Waals surface area contributed by atoms with Gasteiger partial charge in [0.05, 0.1) is 28.4 Å². The number of fused-ring (bicyclic) bond motifs is 1. The average molecular weight is 589 g/mol. The first-order chi connectivity index (χ1) is 19.3. The van der Waals surface area contributed by atoms with Gasteiger partial charge in [-0.3, -0.25) is 9.36 Å². The minimum absolute atomic E-state index is 0.0249. The summed E-state index contributed by atoms with van der Waals surface area (Å²) in [6, 6.07) is 0.612. The van der Waals surface area contributed by atoms with Gasteiger partial charge in [0.15, 0.2) is 32.2 Å². The lowest BCUT2D eigenvalue weighted by atomic mass is 10.1. The van der Waals surface area contributed by atoms with E-state index in [1.807, 2.05) is 0 Å². The Morgan fingerprint density at radius 3 is 2.41 bits per heavy atom. The molecule has 1 aliphatic carbocycles. The second-order valence-corrected chi connectivity index (χ2v) is 12.1. The summed E-state index contributed by atoms with van der Waals surface area (Å²) in [6.07, 6.45) is -0.156. The van der Waals surface area contributed by atoms with Gasteiger partial charge in [0, 0.05) is 18.7 Å². The van der Waals surface area contributed by atoms with E-state index in [2.05, 4.69) is 35.2 Å². The fourth-order valence-corrected chi connectivity index (χ4v) is 5.21. The minimum atomic E-state index is -4.76. The summed E-state index contributed by atoms with van der Waals surface area (Å²) in [4.78, 5) is 39.4. The van der Waals surface area contributed by atoms with Gasteiger partial charge in [0.2, 0.25) is 0 Å². The predicted molar refractivity (Wildman–Crippen MR) is 144 cm³/mol. The molecule has 216 valence electrons. The van der Waals surface area contributed by atoms with Crippen molar-refractivity contribution < 1.29 is 21.6 Å². The van der Waals surface area contributed by atoms with Gasteiger partial charge in [-0.05, 0) is 45.2 Å². The highest BCUT2D eigenvalue weighted by Crippen LogP contribution is 2.43. The van der Waals surface area contributed by atoms with Gasteiger partial charge in [0.25, 0.3) is 5.56 Å². The topological polar surface area (TPSA) is 146 Å². The van der Waals surface area contributed by atoms with Crippen LogP contribution in [0.15, 0.2) is 34.5 Å². The third-order valence-corrected chi connectivity index (χ3v) is 8.62. The molecule has 0 bridgehead atoms. The molecule has 1 atom stereocenters. The number of alkyl halides is 3. The Hall–Kier alpha value is -4.01. The first-order valence-electron chi connectivity index (χ1n) is 12.9. The summed E-state index contributed by atoms with van der Waals surface area (Å²) in [5.74, 6) is -0.125. The van der Waals surface area contributed by atoms with E-state index in [-0.39, 0.29) is 51.7 Å². The van der Waals surface area contributed by atoms with Crippen molar-refractivity contribution in [3.63, 3.8) is 0 Å². The van der Waals surface area contributed by atoms with E-state index in [0.29, 0.717) is 21.4 Å².